The molecular formula is C15H21N3. The summed E-state index contributed by atoms with van der Waals surface area (Å²) in [6.07, 6.45) is 7.02. The molecule has 2 N–H and O–H groups in total. The molecule has 0 aliphatic heterocycles. The number of para-hydroxylation sites is 1. The molecule has 0 atom stereocenters. The van der Waals surface area contributed by atoms with Crippen LogP contribution in [0, 0.1) is 5.41 Å². The van der Waals surface area contributed by atoms with Gasteiger partial charge < -0.3 is 5.32 Å². The van der Waals surface area contributed by atoms with E-state index in [2.05, 4.69) is 47.6 Å². The van der Waals surface area contributed by atoms with Gasteiger partial charge in [0.15, 0.2) is 0 Å². The molecule has 1 fully saturated rings. The SMILES string of the molecule is CC1(C)CCC(Nc2cccc3cn[nH]c23)CC1. The molecule has 18 heavy (non-hydrogen) atoms. The fourth-order valence-electron chi connectivity index (χ4n) is 2.85. The topological polar surface area (TPSA) is 40.7 Å². The van der Waals surface area contributed by atoms with E-state index in [-0.39, 0.29) is 0 Å². The highest BCUT2D eigenvalue weighted by Gasteiger charge is 2.26. The number of hydrogen-bond donors (Lipinski definition) is 2. The summed E-state index contributed by atoms with van der Waals surface area (Å²) in [4.78, 5) is 0. The number of aromatic amines is 1. The maximum absolute atomic E-state index is 4.11. The van der Waals surface area contributed by atoms with Crippen LogP contribution in [0.5, 0.6) is 0 Å². The van der Waals surface area contributed by atoms with E-state index in [4.69, 9.17) is 0 Å². The molecular weight excluding hydrogens is 222 g/mol. The van der Waals surface area contributed by atoms with Crippen molar-refractivity contribution in [3.05, 3.63) is 24.4 Å². The number of fused-ring (bicyclic) bond motifs is 1. The highest BCUT2D eigenvalue weighted by atomic mass is 15.1. The normalized spacial score (nSPS) is 20.1. The van der Waals surface area contributed by atoms with Crippen molar-refractivity contribution >= 4 is 16.6 Å². The Labute approximate surface area is 108 Å². The molecule has 1 saturated carbocycles. The number of anilines is 1. The summed E-state index contributed by atoms with van der Waals surface area (Å²) in [7, 11) is 0. The molecule has 1 aliphatic rings. The molecule has 0 amide bonds. The van der Waals surface area contributed by atoms with E-state index in [1.807, 2.05) is 6.20 Å². The maximum atomic E-state index is 4.11. The zero-order valence-electron chi connectivity index (χ0n) is 11.2. The molecule has 1 aromatic carbocycles. The van der Waals surface area contributed by atoms with E-state index in [1.165, 1.54) is 36.8 Å². The molecule has 3 heteroatoms. The summed E-state index contributed by atoms with van der Waals surface area (Å²) in [5.74, 6) is 0. The zero-order chi connectivity index (χ0) is 12.6. The molecule has 0 unspecified atom stereocenters. The van der Waals surface area contributed by atoms with E-state index in [0.717, 1.165) is 5.52 Å². The standard InChI is InChI=1S/C15H21N3/c1-15(2)8-6-12(7-9-15)17-13-5-3-4-11-10-16-18-14(11)13/h3-5,10,12,17H,6-9H2,1-2H3,(H,16,18). The third kappa shape index (κ3) is 2.22. The lowest BCUT2D eigenvalue weighted by Crippen LogP contribution is -2.29. The molecule has 1 aliphatic carbocycles. The lowest BCUT2D eigenvalue weighted by atomic mass is 9.75. The first-order valence-corrected chi connectivity index (χ1v) is 6.83. The molecule has 2 aromatic rings. The van der Waals surface area contributed by atoms with E-state index in [1.54, 1.807) is 0 Å². The van der Waals surface area contributed by atoms with Gasteiger partial charge >= 0.3 is 0 Å². The molecule has 0 bridgehead atoms. The second-order valence-corrected chi connectivity index (χ2v) is 6.22. The monoisotopic (exact) mass is 243 g/mol. The first-order valence-electron chi connectivity index (χ1n) is 6.83. The summed E-state index contributed by atoms with van der Waals surface area (Å²) in [5.41, 5.74) is 2.84. The van der Waals surface area contributed by atoms with E-state index >= 15 is 0 Å². The van der Waals surface area contributed by atoms with Crippen LogP contribution >= 0.6 is 0 Å². The van der Waals surface area contributed by atoms with Gasteiger partial charge in [0.2, 0.25) is 0 Å². The molecule has 1 aromatic heterocycles. The van der Waals surface area contributed by atoms with Crippen LogP contribution in [-0.2, 0) is 0 Å². The van der Waals surface area contributed by atoms with Crippen LogP contribution in [0.3, 0.4) is 0 Å². The highest BCUT2D eigenvalue weighted by Crippen LogP contribution is 2.36. The second kappa shape index (κ2) is 4.30. The quantitative estimate of drug-likeness (QED) is 0.838. The van der Waals surface area contributed by atoms with Gasteiger partial charge in [-0.1, -0.05) is 26.0 Å². The predicted octanol–water partition coefficient (Wildman–Crippen LogP) is 3.94. The Morgan fingerprint density at radius 2 is 2.06 bits per heavy atom. The minimum atomic E-state index is 0.526. The van der Waals surface area contributed by atoms with Crippen molar-refractivity contribution in [2.45, 2.75) is 45.6 Å². The fourth-order valence-corrected chi connectivity index (χ4v) is 2.85. The number of benzene rings is 1. The van der Waals surface area contributed by atoms with Gasteiger partial charge in [0.1, 0.15) is 0 Å². The Hall–Kier alpha value is -1.51. The van der Waals surface area contributed by atoms with Crippen LogP contribution in [0.4, 0.5) is 5.69 Å². The third-order valence-corrected chi connectivity index (χ3v) is 4.18. The van der Waals surface area contributed by atoms with Gasteiger partial charge in [-0.2, -0.15) is 5.10 Å². The lowest BCUT2D eigenvalue weighted by molar-refractivity contribution is 0.232. The first kappa shape index (κ1) is 11.6. The summed E-state index contributed by atoms with van der Waals surface area (Å²) < 4.78 is 0. The second-order valence-electron chi connectivity index (χ2n) is 6.22. The van der Waals surface area contributed by atoms with Crippen molar-refractivity contribution in [3.63, 3.8) is 0 Å². The smallest absolute Gasteiger partial charge is 0.0881 e. The molecule has 96 valence electrons. The number of nitrogens with zero attached hydrogens (tertiary/aromatic N) is 1. The Kier molecular flexibility index (Phi) is 2.77. The van der Waals surface area contributed by atoms with Crippen LogP contribution < -0.4 is 5.32 Å². The van der Waals surface area contributed by atoms with Crippen LogP contribution in [0.15, 0.2) is 24.4 Å². The molecule has 0 saturated heterocycles. The average molecular weight is 243 g/mol. The van der Waals surface area contributed by atoms with Gasteiger partial charge in [-0.25, -0.2) is 0 Å². The van der Waals surface area contributed by atoms with Gasteiger partial charge in [-0.05, 0) is 37.2 Å². The Morgan fingerprint density at radius 1 is 1.28 bits per heavy atom. The number of hydrogen-bond acceptors (Lipinski definition) is 2. The summed E-state index contributed by atoms with van der Waals surface area (Å²) in [5, 5.41) is 12.0. The van der Waals surface area contributed by atoms with Crippen molar-refractivity contribution < 1.29 is 0 Å². The summed E-state index contributed by atoms with van der Waals surface area (Å²) >= 11 is 0. The van der Waals surface area contributed by atoms with Crippen molar-refractivity contribution in [3.8, 4) is 0 Å². The van der Waals surface area contributed by atoms with Crippen LogP contribution in [0.25, 0.3) is 10.9 Å². The minimum absolute atomic E-state index is 0.526. The van der Waals surface area contributed by atoms with Crippen molar-refractivity contribution in [1.82, 2.24) is 10.2 Å². The van der Waals surface area contributed by atoms with Gasteiger partial charge in [-0.3, -0.25) is 5.10 Å². The van der Waals surface area contributed by atoms with Crippen LogP contribution in [0.2, 0.25) is 0 Å². The largest absolute Gasteiger partial charge is 0.381 e. The summed E-state index contributed by atoms with van der Waals surface area (Å²) in [6, 6.07) is 6.92. The molecule has 3 nitrogen and oxygen atoms in total. The lowest BCUT2D eigenvalue weighted by Gasteiger charge is -2.35. The number of rotatable bonds is 2. The Balaban J connectivity index is 1.75. The van der Waals surface area contributed by atoms with E-state index in [9.17, 15) is 0 Å². The maximum Gasteiger partial charge on any atom is 0.0881 e. The summed E-state index contributed by atoms with van der Waals surface area (Å²) in [6.45, 7) is 4.75. The van der Waals surface area contributed by atoms with Gasteiger partial charge in [-0.15, -0.1) is 0 Å². The number of nitrogens with one attached hydrogen (secondary N) is 2. The van der Waals surface area contributed by atoms with Gasteiger partial charge in [0.25, 0.3) is 0 Å². The first-order chi connectivity index (χ1) is 8.64. The van der Waals surface area contributed by atoms with Crippen LogP contribution in [0.1, 0.15) is 39.5 Å². The predicted molar refractivity (Wildman–Crippen MR) is 75.8 cm³/mol. The minimum Gasteiger partial charge on any atom is -0.381 e. The number of H-pyrrole nitrogens is 1. The zero-order valence-corrected chi connectivity index (χ0v) is 11.2. The molecule has 1 heterocycles. The Morgan fingerprint density at radius 3 is 2.83 bits per heavy atom. The van der Waals surface area contributed by atoms with Crippen molar-refractivity contribution in [2.75, 3.05) is 5.32 Å². The van der Waals surface area contributed by atoms with E-state index in [0.29, 0.717) is 11.5 Å². The van der Waals surface area contributed by atoms with Gasteiger partial charge in [0, 0.05) is 11.4 Å². The van der Waals surface area contributed by atoms with Crippen LogP contribution in [-0.4, -0.2) is 16.2 Å². The van der Waals surface area contributed by atoms with Gasteiger partial charge in [0.05, 0.1) is 17.4 Å². The molecule has 3 rings (SSSR count). The Bertz CT molecular complexity index is 531. The van der Waals surface area contributed by atoms with E-state index < -0.39 is 0 Å². The molecule has 0 spiro atoms. The fraction of sp³-hybridized carbons (Fsp3) is 0.533. The van der Waals surface area contributed by atoms with Crippen molar-refractivity contribution in [2.24, 2.45) is 5.41 Å². The third-order valence-electron chi connectivity index (χ3n) is 4.18. The van der Waals surface area contributed by atoms with Crippen molar-refractivity contribution in [1.29, 1.82) is 0 Å². The molecule has 0 radical (unpaired) electrons. The average Bonchev–Trinajstić information content (AvgIpc) is 2.81. The number of aromatic nitrogens is 2. The highest BCUT2D eigenvalue weighted by molar-refractivity contribution is 5.89.